The van der Waals surface area contributed by atoms with Crippen LogP contribution >= 0.6 is 23.2 Å². The van der Waals surface area contributed by atoms with E-state index < -0.39 is 17.1 Å². The normalized spacial score (nSPS) is 11.5. The second-order valence-corrected chi connectivity index (χ2v) is 8.31. The van der Waals surface area contributed by atoms with Gasteiger partial charge in [0.25, 0.3) is 11.4 Å². The molecule has 174 valence electrons. The fourth-order valence-corrected chi connectivity index (χ4v) is 3.89. The number of aryl methyl sites for hydroxylation is 2. The summed E-state index contributed by atoms with van der Waals surface area (Å²) in [5, 5.41) is 3.91. The smallest absolute Gasteiger partial charge is 0.332 e. The third kappa shape index (κ3) is 4.72. The average molecular weight is 495 g/mol. The quantitative estimate of drug-likeness (QED) is 0.275. The van der Waals surface area contributed by atoms with Crippen LogP contribution in [0.2, 0.25) is 10.3 Å². The van der Waals surface area contributed by atoms with Gasteiger partial charge >= 0.3 is 5.69 Å². The molecule has 0 spiro atoms. The van der Waals surface area contributed by atoms with E-state index in [1.54, 1.807) is 6.07 Å². The number of hydrogen-bond acceptors (Lipinski definition) is 6. The summed E-state index contributed by atoms with van der Waals surface area (Å²) in [4.78, 5) is 36.8. The fourth-order valence-electron chi connectivity index (χ4n) is 3.54. The monoisotopic (exact) mass is 494 g/mol. The minimum absolute atomic E-state index is 0.0298. The number of benzene rings is 1. The van der Waals surface area contributed by atoms with Crippen molar-refractivity contribution in [1.29, 1.82) is 0 Å². The number of halogens is 3. The van der Waals surface area contributed by atoms with Crippen molar-refractivity contribution in [3.63, 3.8) is 0 Å². The molecule has 4 rings (SSSR count). The zero-order chi connectivity index (χ0) is 23.5. The SMILES string of the molecule is CCCCn1c(=O)n(CCCCc2noc(-c3cccc(Cl)c3F)n2)c(=O)c2[nH]c(Cl)nc21. The summed E-state index contributed by atoms with van der Waals surface area (Å²) < 4.78 is 22.0. The molecule has 3 heterocycles. The predicted octanol–water partition coefficient (Wildman–Crippen LogP) is 4.21. The predicted molar refractivity (Wildman–Crippen MR) is 122 cm³/mol. The molecule has 0 saturated heterocycles. The number of unbranched alkanes of at least 4 members (excludes halogenated alkanes) is 2. The first-order chi connectivity index (χ1) is 15.9. The third-order valence-electron chi connectivity index (χ3n) is 5.25. The lowest BCUT2D eigenvalue weighted by molar-refractivity contribution is 0.418. The summed E-state index contributed by atoms with van der Waals surface area (Å²) >= 11 is 11.7. The van der Waals surface area contributed by atoms with Crippen molar-refractivity contribution < 1.29 is 8.91 Å². The van der Waals surface area contributed by atoms with Gasteiger partial charge in [-0.1, -0.05) is 36.2 Å². The molecule has 1 aromatic carbocycles. The van der Waals surface area contributed by atoms with Crippen LogP contribution in [0.3, 0.4) is 0 Å². The molecule has 0 fully saturated rings. The summed E-state index contributed by atoms with van der Waals surface area (Å²) in [5.41, 5.74) is -0.260. The molecule has 0 amide bonds. The van der Waals surface area contributed by atoms with E-state index in [1.165, 1.54) is 21.3 Å². The third-order valence-corrected chi connectivity index (χ3v) is 5.72. The largest absolute Gasteiger partial charge is 0.334 e. The molecule has 33 heavy (non-hydrogen) atoms. The van der Waals surface area contributed by atoms with Crippen molar-refractivity contribution in [1.82, 2.24) is 29.2 Å². The summed E-state index contributed by atoms with van der Waals surface area (Å²) in [6.07, 6.45) is 3.19. The van der Waals surface area contributed by atoms with Crippen molar-refractivity contribution in [2.24, 2.45) is 0 Å². The van der Waals surface area contributed by atoms with Crippen molar-refractivity contribution in [3.8, 4) is 11.5 Å². The van der Waals surface area contributed by atoms with E-state index in [2.05, 4.69) is 20.1 Å². The Kier molecular flexibility index (Phi) is 6.94. The van der Waals surface area contributed by atoms with Gasteiger partial charge in [0.1, 0.15) is 0 Å². The summed E-state index contributed by atoms with van der Waals surface area (Å²) in [6.45, 7) is 2.67. The second-order valence-electron chi connectivity index (χ2n) is 7.55. The zero-order valence-corrected chi connectivity index (χ0v) is 19.3. The van der Waals surface area contributed by atoms with Crippen molar-refractivity contribution in [3.05, 3.63) is 61.0 Å². The van der Waals surface area contributed by atoms with E-state index in [0.717, 1.165) is 12.8 Å². The van der Waals surface area contributed by atoms with Gasteiger partial charge in [-0.05, 0) is 43.0 Å². The Morgan fingerprint density at radius 2 is 1.88 bits per heavy atom. The molecule has 0 saturated carbocycles. The van der Waals surface area contributed by atoms with Gasteiger partial charge in [0.2, 0.25) is 5.28 Å². The van der Waals surface area contributed by atoms with Gasteiger partial charge in [0, 0.05) is 19.5 Å². The lowest BCUT2D eigenvalue weighted by Crippen LogP contribution is -2.40. The zero-order valence-electron chi connectivity index (χ0n) is 17.8. The molecule has 4 aromatic rings. The number of aromatic amines is 1. The van der Waals surface area contributed by atoms with Gasteiger partial charge in [-0.25, -0.2) is 9.18 Å². The molecule has 0 unspecified atom stereocenters. The van der Waals surface area contributed by atoms with E-state index >= 15 is 0 Å². The first-order valence-corrected chi connectivity index (χ1v) is 11.3. The minimum Gasteiger partial charge on any atom is -0.334 e. The first kappa shape index (κ1) is 23.2. The van der Waals surface area contributed by atoms with Crippen LogP contribution in [0.1, 0.15) is 38.4 Å². The Morgan fingerprint density at radius 1 is 1.09 bits per heavy atom. The van der Waals surface area contributed by atoms with Gasteiger partial charge in [0.15, 0.2) is 22.8 Å². The maximum Gasteiger partial charge on any atom is 0.332 e. The highest BCUT2D eigenvalue weighted by atomic mass is 35.5. The average Bonchev–Trinajstić information content (AvgIpc) is 3.42. The first-order valence-electron chi connectivity index (χ1n) is 10.6. The maximum absolute atomic E-state index is 14.2. The summed E-state index contributed by atoms with van der Waals surface area (Å²) in [7, 11) is 0. The number of fused-ring (bicyclic) bond motifs is 1. The number of rotatable bonds is 9. The van der Waals surface area contributed by atoms with E-state index in [9.17, 15) is 14.0 Å². The molecule has 0 radical (unpaired) electrons. The van der Waals surface area contributed by atoms with Crippen LogP contribution in [0.15, 0.2) is 32.3 Å². The lowest BCUT2D eigenvalue weighted by Gasteiger charge is -2.10. The molecule has 3 aromatic heterocycles. The number of nitrogens with one attached hydrogen (secondary N) is 1. The van der Waals surface area contributed by atoms with Crippen molar-refractivity contribution in [2.75, 3.05) is 0 Å². The van der Waals surface area contributed by atoms with Crippen molar-refractivity contribution in [2.45, 2.75) is 52.1 Å². The van der Waals surface area contributed by atoms with E-state index in [1.807, 2.05) is 6.92 Å². The second kappa shape index (κ2) is 9.88. The fraction of sp³-hybridized carbons (Fsp3) is 0.381. The molecule has 0 atom stereocenters. The molecule has 12 heteroatoms. The van der Waals surface area contributed by atoms with Crippen LogP contribution in [0.25, 0.3) is 22.6 Å². The number of aromatic nitrogens is 6. The van der Waals surface area contributed by atoms with Crippen LogP contribution in [0.5, 0.6) is 0 Å². The number of H-pyrrole nitrogens is 1. The van der Waals surface area contributed by atoms with E-state index in [4.69, 9.17) is 27.7 Å². The molecule has 0 aliphatic rings. The molecular weight excluding hydrogens is 474 g/mol. The lowest BCUT2D eigenvalue weighted by atomic mass is 10.2. The summed E-state index contributed by atoms with van der Waals surface area (Å²) in [5.74, 6) is -0.183. The topological polar surface area (TPSA) is 112 Å². The Morgan fingerprint density at radius 3 is 2.67 bits per heavy atom. The molecule has 9 nitrogen and oxygen atoms in total. The van der Waals surface area contributed by atoms with Gasteiger partial charge < -0.3 is 9.51 Å². The van der Waals surface area contributed by atoms with Crippen LogP contribution in [-0.4, -0.2) is 29.2 Å². The molecule has 0 bridgehead atoms. The van der Waals surface area contributed by atoms with Gasteiger partial charge in [-0.2, -0.15) is 9.97 Å². The van der Waals surface area contributed by atoms with Gasteiger partial charge in [0.05, 0.1) is 10.6 Å². The molecular formula is C21H21Cl2FN6O3. The van der Waals surface area contributed by atoms with E-state index in [0.29, 0.717) is 31.6 Å². The highest BCUT2D eigenvalue weighted by Gasteiger charge is 2.17. The van der Waals surface area contributed by atoms with Crippen LogP contribution < -0.4 is 11.2 Å². The van der Waals surface area contributed by atoms with Crippen molar-refractivity contribution >= 4 is 34.4 Å². The standard InChI is InChI=1S/C21H21Cl2FN6O3/c1-2-3-10-29-17-16(26-20(23)27-17)19(31)30(21(29)32)11-5-4-9-14-25-18(33-28-14)12-7-6-8-13(22)15(12)24/h6-8H,2-5,9-11H2,1H3,(H,26,27). The summed E-state index contributed by atoms with van der Waals surface area (Å²) in [6, 6.07) is 4.54. The highest BCUT2D eigenvalue weighted by molar-refractivity contribution is 6.31. The minimum atomic E-state index is -0.623. The Balaban J connectivity index is 1.47. The Bertz CT molecular complexity index is 1410. The molecule has 0 aliphatic heterocycles. The highest BCUT2D eigenvalue weighted by Crippen LogP contribution is 2.26. The van der Waals surface area contributed by atoms with Crippen LogP contribution in [0.4, 0.5) is 4.39 Å². The molecule has 0 aliphatic carbocycles. The number of imidazole rings is 1. The van der Waals surface area contributed by atoms with Crippen LogP contribution in [0, 0.1) is 5.82 Å². The van der Waals surface area contributed by atoms with Gasteiger partial charge in [-0.3, -0.25) is 13.9 Å². The van der Waals surface area contributed by atoms with Crippen LogP contribution in [-0.2, 0) is 19.5 Å². The van der Waals surface area contributed by atoms with E-state index in [-0.39, 0.29) is 39.5 Å². The molecule has 1 N–H and O–H groups in total. The maximum atomic E-state index is 14.2. The number of hydrogen-bond donors (Lipinski definition) is 1. The Hall–Kier alpha value is -2.98. The number of nitrogens with zero attached hydrogens (tertiary/aromatic N) is 5. The van der Waals surface area contributed by atoms with Gasteiger partial charge in [-0.15, -0.1) is 0 Å². The Labute approximate surface area is 197 Å².